The van der Waals surface area contributed by atoms with E-state index in [2.05, 4.69) is 10.6 Å². The van der Waals surface area contributed by atoms with E-state index in [0.29, 0.717) is 44.7 Å². The molecular weight excluding hydrogens is 336 g/mol. The predicted molar refractivity (Wildman–Crippen MR) is 94.1 cm³/mol. The summed E-state index contributed by atoms with van der Waals surface area (Å²) < 4.78 is 5.73. The molecule has 0 aliphatic carbocycles. The molecule has 0 bridgehead atoms. The number of rotatable bonds is 2. The van der Waals surface area contributed by atoms with Gasteiger partial charge in [0.15, 0.2) is 0 Å². The quantitative estimate of drug-likeness (QED) is 0.793. The zero-order valence-corrected chi connectivity index (χ0v) is 14.7. The lowest BCUT2D eigenvalue weighted by molar-refractivity contribution is -0.141. The number of benzene rings is 1. The lowest BCUT2D eigenvalue weighted by Crippen LogP contribution is -2.54. The molecule has 1 aromatic rings. The van der Waals surface area contributed by atoms with Crippen LogP contribution in [0.25, 0.3) is 0 Å². The van der Waals surface area contributed by atoms with Crippen molar-refractivity contribution in [3.8, 4) is 0 Å². The van der Waals surface area contributed by atoms with Crippen LogP contribution in [0.2, 0.25) is 0 Å². The number of morpholine rings is 1. The number of carbonyl (C=O) groups is 3. The molecule has 1 spiro atoms. The fourth-order valence-corrected chi connectivity index (χ4v) is 3.78. The van der Waals surface area contributed by atoms with Gasteiger partial charge in [-0.3, -0.25) is 14.5 Å². The van der Waals surface area contributed by atoms with Crippen LogP contribution in [0.15, 0.2) is 18.2 Å². The molecular formula is C18H22N4O4. The molecule has 0 radical (unpaired) electrons. The summed E-state index contributed by atoms with van der Waals surface area (Å²) in [5.74, 6) is -0.198. The third kappa shape index (κ3) is 2.90. The maximum Gasteiger partial charge on any atom is 0.322 e. The first-order valence-electron chi connectivity index (χ1n) is 8.83. The Morgan fingerprint density at radius 3 is 2.77 bits per heavy atom. The highest BCUT2D eigenvalue weighted by Crippen LogP contribution is 2.29. The molecule has 3 fully saturated rings. The van der Waals surface area contributed by atoms with Gasteiger partial charge in [0.05, 0.1) is 6.54 Å². The van der Waals surface area contributed by atoms with E-state index in [9.17, 15) is 14.4 Å². The molecule has 0 aromatic heterocycles. The normalized spacial score (nSPS) is 25.6. The van der Waals surface area contributed by atoms with Gasteiger partial charge in [-0.2, -0.15) is 0 Å². The van der Waals surface area contributed by atoms with Crippen LogP contribution in [0.1, 0.15) is 22.3 Å². The summed E-state index contributed by atoms with van der Waals surface area (Å²) >= 11 is 0. The van der Waals surface area contributed by atoms with Crippen LogP contribution < -0.4 is 15.5 Å². The monoisotopic (exact) mass is 358 g/mol. The second kappa shape index (κ2) is 6.28. The summed E-state index contributed by atoms with van der Waals surface area (Å²) in [6.45, 7) is 4.65. The number of hydrogen-bond acceptors (Lipinski definition) is 4. The number of aryl methyl sites for hydroxylation is 1. The zero-order chi connectivity index (χ0) is 18.3. The van der Waals surface area contributed by atoms with Gasteiger partial charge in [0.1, 0.15) is 12.2 Å². The summed E-state index contributed by atoms with van der Waals surface area (Å²) in [4.78, 5) is 39.7. The van der Waals surface area contributed by atoms with E-state index < -0.39 is 5.60 Å². The average molecular weight is 358 g/mol. The van der Waals surface area contributed by atoms with Crippen molar-refractivity contribution in [2.45, 2.75) is 18.9 Å². The SMILES string of the molecule is Cc1ccc(C(=O)N2CCC3(CNC(=O)CO3)C2)cc1N1CCNC1=O. The highest BCUT2D eigenvalue weighted by molar-refractivity contribution is 5.99. The second-order valence-electron chi connectivity index (χ2n) is 7.11. The minimum atomic E-state index is -0.480. The molecule has 2 N–H and O–H groups in total. The van der Waals surface area contributed by atoms with Gasteiger partial charge in [-0.15, -0.1) is 0 Å². The lowest BCUT2D eigenvalue weighted by Gasteiger charge is -2.33. The van der Waals surface area contributed by atoms with Crippen LogP contribution in [0, 0.1) is 6.92 Å². The van der Waals surface area contributed by atoms with Gasteiger partial charge in [-0.25, -0.2) is 4.79 Å². The van der Waals surface area contributed by atoms with Crippen molar-refractivity contribution >= 4 is 23.5 Å². The maximum atomic E-state index is 13.0. The Morgan fingerprint density at radius 1 is 1.23 bits per heavy atom. The van der Waals surface area contributed by atoms with Crippen molar-refractivity contribution < 1.29 is 19.1 Å². The van der Waals surface area contributed by atoms with Gasteiger partial charge in [-0.1, -0.05) is 6.07 Å². The minimum absolute atomic E-state index is 0.0424. The highest BCUT2D eigenvalue weighted by Gasteiger charge is 2.43. The largest absolute Gasteiger partial charge is 0.361 e. The summed E-state index contributed by atoms with van der Waals surface area (Å²) in [6.07, 6.45) is 0.701. The highest BCUT2D eigenvalue weighted by atomic mass is 16.5. The third-order valence-electron chi connectivity index (χ3n) is 5.32. The molecule has 1 atom stereocenters. The van der Waals surface area contributed by atoms with Crippen molar-refractivity contribution in [2.75, 3.05) is 44.2 Å². The van der Waals surface area contributed by atoms with Gasteiger partial charge in [0.25, 0.3) is 5.91 Å². The van der Waals surface area contributed by atoms with Crippen molar-refractivity contribution in [1.82, 2.24) is 15.5 Å². The van der Waals surface area contributed by atoms with Crippen molar-refractivity contribution in [3.63, 3.8) is 0 Å². The number of nitrogens with one attached hydrogen (secondary N) is 2. The first-order chi connectivity index (χ1) is 12.5. The van der Waals surface area contributed by atoms with E-state index in [0.717, 1.165) is 11.3 Å². The Balaban J connectivity index is 1.52. The van der Waals surface area contributed by atoms with Crippen LogP contribution in [0.3, 0.4) is 0 Å². The molecule has 1 aromatic carbocycles. The third-order valence-corrected chi connectivity index (χ3v) is 5.32. The molecule has 3 aliphatic rings. The molecule has 0 saturated carbocycles. The molecule has 3 aliphatic heterocycles. The molecule has 4 rings (SSSR count). The van der Waals surface area contributed by atoms with Gasteiger partial charge in [0.2, 0.25) is 5.91 Å². The van der Waals surface area contributed by atoms with E-state index in [1.807, 2.05) is 13.0 Å². The van der Waals surface area contributed by atoms with E-state index in [4.69, 9.17) is 4.74 Å². The average Bonchev–Trinajstić information content (AvgIpc) is 3.25. The van der Waals surface area contributed by atoms with Crippen molar-refractivity contribution in [2.24, 2.45) is 0 Å². The number of amides is 4. The number of likely N-dealkylation sites (tertiary alicyclic amines) is 1. The van der Waals surface area contributed by atoms with Crippen LogP contribution >= 0.6 is 0 Å². The number of carbonyl (C=O) groups excluding carboxylic acids is 3. The first kappa shape index (κ1) is 16.8. The van der Waals surface area contributed by atoms with Crippen LogP contribution in [-0.2, 0) is 9.53 Å². The van der Waals surface area contributed by atoms with E-state index in [1.54, 1.807) is 21.9 Å². The van der Waals surface area contributed by atoms with E-state index in [1.165, 1.54) is 0 Å². The molecule has 4 amide bonds. The van der Waals surface area contributed by atoms with Crippen LogP contribution in [0.4, 0.5) is 10.5 Å². The fraction of sp³-hybridized carbons (Fsp3) is 0.500. The smallest absolute Gasteiger partial charge is 0.322 e. The summed E-state index contributed by atoms with van der Waals surface area (Å²) in [6, 6.07) is 5.32. The van der Waals surface area contributed by atoms with Crippen molar-refractivity contribution in [3.05, 3.63) is 29.3 Å². The second-order valence-corrected chi connectivity index (χ2v) is 7.11. The predicted octanol–water partition coefficient (Wildman–Crippen LogP) is 0.256. The Hall–Kier alpha value is -2.61. The number of ether oxygens (including phenoxy) is 1. The summed E-state index contributed by atoms with van der Waals surface area (Å²) in [5.41, 5.74) is 1.80. The number of hydrogen-bond donors (Lipinski definition) is 2. The number of urea groups is 1. The molecule has 8 heteroatoms. The van der Waals surface area contributed by atoms with Gasteiger partial charge in [0, 0.05) is 37.4 Å². The molecule has 8 nitrogen and oxygen atoms in total. The molecule has 26 heavy (non-hydrogen) atoms. The Morgan fingerprint density at radius 2 is 2.08 bits per heavy atom. The Labute approximate surface area is 151 Å². The fourth-order valence-electron chi connectivity index (χ4n) is 3.78. The van der Waals surface area contributed by atoms with Gasteiger partial charge >= 0.3 is 6.03 Å². The molecule has 3 saturated heterocycles. The zero-order valence-electron chi connectivity index (χ0n) is 14.7. The van der Waals surface area contributed by atoms with Crippen molar-refractivity contribution in [1.29, 1.82) is 0 Å². The summed E-state index contributed by atoms with van der Waals surface area (Å²) in [7, 11) is 0. The van der Waals surface area contributed by atoms with Crippen LogP contribution in [0.5, 0.6) is 0 Å². The number of anilines is 1. The Kier molecular flexibility index (Phi) is 4.07. The lowest BCUT2D eigenvalue weighted by atomic mass is 10.0. The van der Waals surface area contributed by atoms with E-state index in [-0.39, 0.29) is 24.5 Å². The maximum absolute atomic E-state index is 13.0. The Bertz CT molecular complexity index is 768. The van der Waals surface area contributed by atoms with E-state index >= 15 is 0 Å². The van der Waals surface area contributed by atoms with Gasteiger partial charge in [-0.05, 0) is 31.0 Å². The first-order valence-corrected chi connectivity index (χ1v) is 8.83. The topological polar surface area (TPSA) is 91.0 Å². The van der Waals surface area contributed by atoms with Crippen LogP contribution in [-0.4, -0.2) is 67.7 Å². The molecule has 3 heterocycles. The molecule has 1 unspecified atom stereocenters. The number of nitrogens with zero attached hydrogens (tertiary/aromatic N) is 2. The standard InChI is InChI=1S/C18H22N4O4/c1-12-2-3-13(8-14(12)22-7-5-19-17(22)25)16(24)21-6-4-18(11-21)10-20-15(23)9-26-18/h2-3,8H,4-7,9-11H2,1H3,(H,19,25)(H,20,23). The van der Waals surface area contributed by atoms with Gasteiger partial charge < -0.3 is 20.3 Å². The minimum Gasteiger partial charge on any atom is -0.361 e. The molecule has 138 valence electrons. The summed E-state index contributed by atoms with van der Waals surface area (Å²) in [5, 5.41) is 5.60.